The van der Waals surface area contributed by atoms with Crippen LogP contribution in [0, 0.1) is 0 Å². The van der Waals surface area contributed by atoms with Crippen molar-refractivity contribution in [1.29, 1.82) is 0 Å². The van der Waals surface area contributed by atoms with Crippen LogP contribution in [-0.4, -0.2) is 28.4 Å². The van der Waals surface area contributed by atoms with E-state index in [-0.39, 0.29) is 0 Å². The normalized spacial score (nSPS) is 10.3. The maximum Gasteiger partial charge on any atom is 0.354 e. The molecule has 0 fully saturated rings. The minimum absolute atomic E-state index is 0.316. The predicted molar refractivity (Wildman–Crippen MR) is 78.3 cm³/mol. The second kappa shape index (κ2) is 7.38. The second-order valence-corrected chi connectivity index (χ2v) is 4.66. The summed E-state index contributed by atoms with van der Waals surface area (Å²) in [6, 6.07) is 5.49. The zero-order valence-corrected chi connectivity index (χ0v) is 12.0. The molecule has 5 heteroatoms. The summed E-state index contributed by atoms with van der Waals surface area (Å²) in [6.45, 7) is 2.72. The third-order valence-corrected chi connectivity index (χ3v) is 3.13. The van der Waals surface area contributed by atoms with E-state index in [2.05, 4.69) is 4.98 Å². The van der Waals surface area contributed by atoms with Crippen LogP contribution in [0.15, 0.2) is 36.8 Å². The Balaban J connectivity index is 2.03. The van der Waals surface area contributed by atoms with E-state index < -0.39 is 5.97 Å². The van der Waals surface area contributed by atoms with Crippen LogP contribution in [0.1, 0.15) is 39.8 Å². The molecule has 0 aliphatic heterocycles. The first-order chi connectivity index (χ1) is 10.2. The van der Waals surface area contributed by atoms with Gasteiger partial charge >= 0.3 is 5.97 Å². The zero-order valence-electron chi connectivity index (χ0n) is 12.0. The Morgan fingerprint density at radius 2 is 2.33 bits per heavy atom. The number of aromatic nitrogens is 2. The first kappa shape index (κ1) is 15.0. The van der Waals surface area contributed by atoms with E-state index in [1.165, 1.54) is 0 Å². The van der Waals surface area contributed by atoms with Gasteiger partial charge in [0, 0.05) is 30.7 Å². The van der Waals surface area contributed by atoms with Crippen LogP contribution in [0.4, 0.5) is 0 Å². The van der Waals surface area contributed by atoms with Gasteiger partial charge in [-0.1, -0.05) is 6.07 Å². The van der Waals surface area contributed by atoms with E-state index in [1.807, 2.05) is 18.3 Å². The number of pyridine rings is 1. The molecule has 110 valence electrons. The molecule has 2 aromatic heterocycles. The van der Waals surface area contributed by atoms with Crippen LogP contribution >= 0.6 is 0 Å². The summed E-state index contributed by atoms with van der Waals surface area (Å²) in [5.41, 5.74) is 2.06. The van der Waals surface area contributed by atoms with Gasteiger partial charge in [0.1, 0.15) is 5.69 Å². The molecule has 2 aromatic rings. The van der Waals surface area contributed by atoms with Crippen molar-refractivity contribution in [2.45, 2.75) is 26.3 Å². The van der Waals surface area contributed by atoms with Crippen molar-refractivity contribution in [1.82, 2.24) is 9.55 Å². The number of ether oxygens (including phenoxy) is 1. The largest absolute Gasteiger partial charge is 0.461 e. The van der Waals surface area contributed by atoms with Gasteiger partial charge in [-0.2, -0.15) is 0 Å². The van der Waals surface area contributed by atoms with Crippen molar-refractivity contribution in [2.24, 2.45) is 0 Å². The molecular formula is C16H18N2O3. The molecule has 0 amide bonds. The fourth-order valence-corrected chi connectivity index (χ4v) is 2.16. The summed E-state index contributed by atoms with van der Waals surface area (Å²) in [7, 11) is 0. The molecule has 0 atom stereocenters. The molecule has 0 N–H and O–H groups in total. The van der Waals surface area contributed by atoms with Crippen LogP contribution in [0.5, 0.6) is 0 Å². The van der Waals surface area contributed by atoms with Gasteiger partial charge in [0.05, 0.1) is 6.61 Å². The highest BCUT2D eigenvalue weighted by molar-refractivity contribution is 5.90. The number of esters is 1. The first-order valence-corrected chi connectivity index (χ1v) is 6.96. The van der Waals surface area contributed by atoms with E-state index in [9.17, 15) is 9.59 Å². The number of hydrogen-bond donors (Lipinski definition) is 0. The Kier molecular flexibility index (Phi) is 5.26. The lowest BCUT2D eigenvalue weighted by atomic mass is 10.1. The highest BCUT2D eigenvalue weighted by Crippen LogP contribution is 2.11. The molecule has 0 bridgehead atoms. The Morgan fingerprint density at radius 1 is 1.48 bits per heavy atom. The molecule has 2 heterocycles. The van der Waals surface area contributed by atoms with Gasteiger partial charge in [-0.25, -0.2) is 4.79 Å². The maximum atomic E-state index is 11.9. The first-order valence-electron chi connectivity index (χ1n) is 6.96. The number of nitrogens with zero attached hydrogens (tertiary/aromatic N) is 2. The average Bonchev–Trinajstić information content (AvgIpc) is 2.92. The fourth-order valence-electron chi connectivity index (χ4n) is 2.16. The van der Waals surface area contributed by atoms with E-state index >= 15 is 0 Å². The number of carbonyl (C=O) groups excluding carboxylic acids is 2. The Hall–Kier alpha value is -2.43. The smallest absolute Gasteiger partial charge is 0.354 e. The number of aryl methyl sites for hydroxylation is 2. The SMILES string of the molecule is CCOC(=O)c1cc(C=O)cn1CCCc1cccnc1. The van der Waals surface area contributed by atoms with Crippen LogP contribution in [0.25, 0.3) is 0 Å². The lowest BCUT2D eigenvalue weighted by Crippen LogP contribution is -2.12. The molecule has 2 rings (SSSR count). The van der Waals surface area contributed by atoms with Crippen molar-refractivity contribution < 1.29 is 14.3 Å². The Bertz CT molecular complexity index is 605. The second-order valence-electron chi connectivity index (χ2n) is 4.66. The fraction of sp³-hybridized carbons (Fsp3) is 0.312. The van der Waals surface area contributed by atoms with E-state index in [4.69, 9.17) is 4.74 Å². The third kappa shape index (κ3) is 4.02. The summed E-state index contributed by atoms with van der Waals surface area (Å²) in [4.78, 5) is 26.8. The van der Waals surface area contributed by atoms with Crippen LogP contribution in [0.3, 0.4) is 0 Å². The van der Waals surface area contributed by atoms with Gasteiger partial charge in [0.25, 0.3) is 0 Å². The van der Waals surface area contributed by atoms with E-state index in [1.54, 1.807) is 30.0 Å². The molecule has 0 spiro atoms. The molecule has 0 radical (unpaired) electrons. The molecule has 21 heavy (non-hydrogen) atoms. The Labute approximate surface area is 123 Å². The predicted octanol–water partition coefficient (Wildman–Crippen LogP) is 2.51. The zero-order chi connectivity index (χ0) is 15.1. The molecular weight excluding hydrogens is 268 g/mol. The van der Waals surface area contributed by atoms with Gasteiger partial charge in [-0.3, -0.25) is 9.78 Å². The Morgan fingerprint density at radius 3 is 3.00 bits per heavy atom. The molecule has 0 unspecified atom stereocenters. The standard InChI is InChI=1S/C16H18N2O3/c1-2-21-16(20)15-9-14(12-19)11-18(15)8-4-6-13-5-3-7-17-10-13/h3,5,7,9-12H,2,4,6,8H2,1H3. The summed E-state index contributed by atoms with van der Waals surface area (Å²) in [5, 5.41) is 0. The third-order valence-electron chi connectivity index (χ3n) is 3.13. The minimum atomic E-state index is -0.396. The van der Waals surface area contributed by atoms with Crippen LogP contribution in [0.2, 0.25) is 0 Å². The molecule has 0 aliphatic carbocycles. The molecule has 0 saturated carbocycles. The topological polar surface area (TPSA) is 61.2 Å². The van der Waals surface area contributed by atoms with E-state index in [0.717, 1.165) is 24.7 Å². The highest BCUT2D eigenvalue weighted by Gasteiger charge is 2.14. The van der Waals surface area contributed by atoms with Gasteiger partial charge in [0.2, 0.25) is 0 Å². The van der Waals surface area contributed by atoms with Crippen molar-refractivity contribution >= 4 is 12.3 Å². The molecule has 0 aliphatic rings. The molecule has 0 aromatic carbocycles. The van der Waals surface area contributed by atoms with Crippen LogP contribution in [-0.2, 0) is 17.7 Å². The quantitative estimate of drug-likeness (QED) is 0.579. The lowest BCUT2D eigenvalue weighted by Gasteiger charge is -2.08. The minimum Gasteiger partial charge on any atom is -0.461 e. The van der Waals surface area contributed by atoms with Crippen molar-refractivity contribution in [3.63, 3.8) is 0 Å². The summed E-state index contributed by atoms with van der Waals surface area (Å²) < 4.78 is 6.78. The number of rotatable bonds is 7. The van der Waals surface area contributed by atoms with Gasteiger partial charge < -0.3 is 9.30 Å². The van der Waals surface area contributed by atoms with Crippen molar-refractivity contribution in [3.8, 4) is 0 Å². The van der Waals surface area contributed by atoms with Gasteiger partial charge in [-0.15, -0.1) is 0 Å². The summed E-state index contributed by atoms with van der Waals surface area (Å²) in [5.74, 6) is -0.396. The lowest BCUT2D eigenvalue weighted by molar-refractivity contribution is 0.0513. The summed E-state index contributed by atoms with van der Waals surface area (Å²) in [6.07, 6.45) is 7.71. The van der Waals surface area contributed by atoms with Crippen molar-refractivity contribution in [3.05, 3.63) is 53.6 Å². The van der Waals surface area contributed by atoms with Crippen molar-refractivity contribution in [2.75, 3.05) is 6.61 Å². The number of hydrogen-bond acceptors (Lipinski definition) is 4. The van der Waals surface area contributed by atoms with E-state index in [0.29, 0.717) is 24.4 Å². The maximum absolute atomic E-state index is 11.9. The average molecular weight is 286 g/mol. The summed E-state index contributed by atoms with van der Waals surface area (Å²) >= 11 is 0. The van der Waals surface area contributed by atoms with Gasteiger partial charge in [0.15, 0.2) is 6.29 Å². The number of aldehydes is 1. The highest BCUT2D eigenvalue weighted by atomic mass is 16.5. The molecule has 0 saturated heterocycles. The number of carbonyl (C=O) groups is 2. The van der Waals surface area contributed by atoms with Gasteiger partial charge in [-0.05, 0) is 37.5 Å². The monoisotopic (exact) mass is 286 g/mol. The molecule has 5 nitrogen and oxygen atoms in total. The van der Waals surface area contributed by atoms with Crippen LogP contribution < -0.4 is 0 Å².